The minimum absolute atomic E-state index is 0.000784. The van der Waals surface area contributed by atoms with Crippen molar-refractivity contribution >= 4 is 5.96 Å². The van der Waals surface area contributed by atoms with Gasteiger partial charge in [-0.25, -0.2) is 0 Å². The second-order valence-corrected chi connectivity index (χ2v) is 27.7. The number of nitrogens with two attached hydrogens (primary N) is 1. The maximum absolute atomic E-state index is 12.8. The molecule has 6 heterocycles. The van der Waals surface area contributed by atoms with Gasteiger partial charge >= 0.3 is 0 Å². The zero-order valence-electron chi connectivity index (χ0n) is 48.7. The Morgan fingerprint density at radius 1 is 0.825 bits per heavy atom. The van der Waals surface area contributed by atoms with E-state index in [0.717, 1.165) is 143 Å². The predicted molar refractivity (Wildman–Crippen MR) is 313 cm³/mol. The molecular weight excluding hydrogens is 1000 g/mol. The van der Waals surface area contributed by atoms with E-state index in [2.05, 4.69) is 44.3 Å². The van der Waals surface area contributed by atoms with Crippen LogP contribution in [0, 0.1) is 51.8 Å². The van der Waals surface area contributed by atoms with Crippen molar-refractivity contribution in [3.8, 4) is 39.9 Å². The van der Waals surface area contributed by atoms with E-state index in [1.54, 1.807) is 13.2 Å². The summed E-state index contributed by atoms with van der Waals surface area (Å²) >= 11 is 0. The molecule has 3 aromatic rings. The second kappa shape index (κ2) is 22.6. The fraction of sp³-hybridized carbons (Fsp3) is 0.691. The number of aromatic hydroxyl groups is 2. The van der Waals surface area contributed by atoms with Gasteiger partial charge in [-0.3, -0.25) is 4.99 Å². The molecule has 0 amide bonds. The third-order valence-corrected chi connectivity index (χ3v) is 22.9. The van der Waals surface area contributed by atoms with Crippen LogP contribution in [0.25, 0.3) is 11.1 Å². The van der Waals surface area contributed by atoms with Crippen LogP contribution in [0.4, 0.5) is 0 Å². The first-order valence-electron chi connectivity index (χ1n) is 31.8. The topological polar surface area (TPSA) is 188 Å². The summed E-state index contributed by atoms with van der Waals surface area (Å²) in [5.41, 5.74) is 13.7. The molecule has 15 rings (SSSR count). The number of aliphatic hydroxyl groups is 3. The van der Waals surface area contributed by atoms with Crippen LogP contribution in [0.1, 0.15) is 195 Å². The highest BCUT2D eigenvalue weighted by molar-refractivity contribution is 5.84. The van der Waals surface area contributed by atoms with Gasteiger partial charge in [-0.15, -0.1) is 0 Å². The number of guanidine groups is 1. The SMILES string of the molecule is CCC1CC2C=CC1CC(O)CC1(CCCC13CCOC1(CCCCC1)C3)CN=C(N)NCCC1C(CCC3(CCCC3)C1CO)Oc1cc(ccc1O)C1Oc3cc(OC)c4c(c3CC1O)C2Cc1cc(O)c(CC(C)C)cc1-4. The Balaban J connectivity index is 0.958. The zero-order valence-corrected chi connectivity index (χ0v) is 48.7. The van der Waals surface area contributed by atoms with Crippen LogP contribution in [0.15, 0.2) is 53.5 Å². The third kappa shape index (κ3) is 10.2. The van der Waals surface area contributed by atoms with E-state index >= 15 is 0 Å². The van der Waals surface area contributed by atoms with Crippen molar-refractivity contribution in [1.82, 2.24) is 5.32 Å². The Morgan fingerprint density at radius 2 is 1.61 bits per heavy atom. The monoisotopic (exact) mass is 1100 g/mol. The van der Waals surface area contributed by atoms with Crippen molar-refractivity contribution in [3.63, 3.8) is 0 Å². The molecule has 5 fully saturated rings. The fourth-order valence-corrected chi connectivity index (χ4v) is 19.1. The smallest absolute Gasteiger partial charge is 0.188 e. The summed E-state index contributed by atoms with van der Waals surface area (Å²) in [6, 6.07) is 11.5. The Labute approximate surface area is 476 Å². The van der Waals surface area contributed by atoms with Gasteiger partial charge in [0.05, 0.1) is 24.9 Å². The van der Waals surface area contributed by atoms with E-state index in [-0.39, 0.29) is 69.9 Å². The third-order valence-electron chi connectivity index (χ3n) is 22.9. The number of aliphatic hydroxyl groups excluding tert-OH is 3. The average Bonchev–Trinajstić information content (AvgIpc) is 4.19. The van der Waals surface area contributed by atoms with Gasteiger partial charge in [-0.2, -0.15) is 0 Å². The van der Waals surface area contributed by atoms with Gasteiger partial charge in [0.2, 0.25) is 0 Å². The van der Waals surface area contributed by atoms with Gasteiger partial charge in [0.25, 0.3) is 0 Å². The van der Waals surface area contributed by atoms with Crippen LogP contribution in [-0.4, -0.2) is 88.8 Å². The number of ether oxygens (including phenoxy) is 4. The highest BCUT2D eigenvalue weighted by atomic mass is 16.5. The molecule has 12 heteroatoms. The van der Waals surface area contributed by atoms with Crippen molar-refractivity contribution in [2.24, 2.45) is 62.5 Å². The average molecular weight is 1100 g/mol. The Bertz CT molecular complexity index is 2780. The number of methoxy groups -OCH3 is 1. The van der Waals surface area contributed by atoms with E-state index in [9.17, 15) is 25.5 Å². The summed E-state index contributed by atoms with van der Waals surface area (Å²) in [5, 5.41) is 63.4. The lowest BCUT2D eigenvalue weighted by atomic mass is 9.55. The van der Waals surface area contributed by atoms with Crippen LogP contribution < -0.4 is 25.3 Å². The summed E-state index contributed by atoms with van der Waals surface area (Å²) in [7, 11) is 1.73. The molecule has 0 radical (unpaired) electrons. The highest BCUT2D eigenvalue weighted by Crippen LogP contribution is 2.65. The quantitative estimate of drug-likeness (QED) is 0.120. The minimum Gasteiger partial charge on any atom is -0.508 e. The molecule has 0 aromatic heterocycles. The molecule has 8 N–H and O–H groups in total. The first-order chi connectivity index (χ1) is 38.7. The highest BCUT2D eigenvalue weighted by Gasteiger charge is 2.60. The number of rotatable bonds is 5. The fourth-order valence-electron chi connectivity index (χ4n) is 19.1. The molecule has 12 unspecified atom stereocenters. The van der Waals surface area contributed by atoms with E-state index in [4.69, 9.17) is 29.7 Å². The molecule has 12 nitrogen and oxygen atoms in total. The van der Waals surface area contributed by atoms with Crippen molar-refractivity contribution in [3.05, 3.63) is 76.4 Å². The van der Waals surface area contributed by atoms with Gasteiger partial charge in [-0.1, -0.05) is 83.9 Å². The molecule has 1 saturated heterocycles. The number of benzene rings is 3. The molecule has 436 valence electrons. The number of allylic oxidation sites excluding steroid dienone is 2. The lowest BCUT2D eigenvalue weighted by molar-refractivity contribution is -0.172. The Kier molecular flexibility index (Phi) is 15.8. The predicted octanol–water partition coefficient (Wildman–Crippen LogP) is 12.3. The minimum atomic E-state index is -0.913. The van der Waals surface area contributed by atoms with Gasteiger partial charge in [-0.05, 0) is 207 Å². The summed E-state index contributed by atoms with van der Waals surface area (Å²) in [4.78, 5) is 5.31. The lowest BCUT2D eigenvalue weighted by Gasteiger charge is -2.55. The van der Waals surface area contributed by atoms with E-state index < -0.39 is 18.3 Å². The molecule has 8 bridgehead atoms. The van der Waals surface area contributed by atoms with E-state index in [1.165, 1.54) is 19.3 Å². The number of nitrogens with zero attached hydrogens (tertiary/aromatic N) is 1. The molecule has 4 saturated carbocycles. The van der Waals surface area contributed by atoms with Gasteiger partial charge in [0, 0.05) is 55.8 Å². The lowest BCUT2D eigenvalue weighted by Crippen LogP contribution is -2.53. The second-order valence-electron chi connectivity index (χ2n) is 27.7. The largest absolute Gasteiger partial charge is 0.508 e. The van der Waals surface area contributed by atoms with Crippen molar-refractivity contribution in [2.45, 2.75) is 211 Å². The summed E-state index contributed by atoms with van der Waals surface area (Å²) in [6.07, 6.45) is 25.7. The molecular formula is C68H95N3O9. The molecule has 12 atom stereocenters. The number of hydrogen-bond donors (Lipinski definition) is 7. The van der Waals surface area contributed by atoms with Crippen LogP contribution in [-0.2, 0) is 24.0 Å². The molecule has 4 spiro atoms. The first kappa shape index (κ1) is 56.0. The standard InChI is InChI=1S/C68H95N3O9/c1-5-42-29-44-13-12-43(42)30-48(73)37-67(21-11-20-66(67)25-27-78-68(39-66)22-7-6-8-23-68)40-71-64(69)70-26-17-49-53(38-72)65(18-9-10-19-65)24-16-57(49)79-59-34-45(14-15-54(59)74)63-56(76)35-52-58(80-63)36-60(77-4)62-51-32-47(28-41(2)3)55(75)33-46(51)31-50(44)61(52)62/h12-15,32-34,36,41-44,48-50,53,56-57,63,72-76H,5-11,16-31,35,37-40H2,1-4H3,(H3,69,70,71). The maximum Gasteiger partial charge on any atom is 0.188 e. The molecule has 6 aliphatic carbocycles. The molecule has 12 aliphatic rings. The van der Waals surface area contributed by atoms with E-state index in [0.29, 0.717) is 91.6 Å². The number of hydrogen-bond acceptors (Lipinski definition) is 12. The molecule has 3 aromatic carbocycles. The number of nitrogens with one attached hydrogen (secondary N) is 1. The van der Waals surface area contributed by atoms with Crippen molar-refractivity contribution in [2.75, 3.05) is 33.4 Å². The normalized spacial score (nSPS) is 34.7. The van der Waals surface area contributed by atoms with Gasteiger partial charge in [0.1, 0.15) is 29.5 Å². The van der Waals surface area contributed by atoms with Gasteiger partial charge in [0.15, 0.2) is 17.5 Å². The number of phenolic OH excluding ortho intramolecular Hbond substituents is 2. The van der Waals surface area contributed by atoms with E-state index in [1.807, 2.05) is 24.3 Å². The van der Waals surface area contributed by atoms with Gasteiger partial charge < -0.3 is 55.5 Å². The van der Waals surface area contributed by atoms with Crippen molar-refractivity contribution in [1.29, 1.82) is 0 Å². The van der Waals surface area contributed by atoms with Crippen molar-refractivity contribution < 1.29 is 44.5 Å². The first-order valence-corrected chi connectivity index (χ1v) is 31.8. The zero-order chi connectivity index (χ0) is 55.6. The Morgan fingerprint density at radius 3 is 2.39 bits per heavy atom. The van der Waals surface area contributed by atoms with Crippen LogP contribution in [0.2, 0.25) is 0 Å². The Hall–Kier alpha value is -4.49. The summed E-state index contributed by atoms with van der Waals surface area (Å²) in [6.45, 7) is 8.62. The van der Waals surface area contributed by atoms with Crippen LogP contribution >= 0.6 is 0 Å². The number of fused-ring (bicyclic) bond motifs is 2. The summed E-state index contributed by atoms with van der Waals surface area (Å²) < 4.78 is 27.3. The number of phenols is 2. The summed E-state index contributed by atoms with van der Waals surface area (Å²) in [5.74, 6) is 3.54. The molecule has 80 heavy (non-hydrogen) atoms. The van der Waals surface area contributed by atoms with Crippen LogP contribution in [0.3, 0.4) is 0 Å². The van der Waals surface area contributed by atoms with Crippen LogP contribution in [0.5, 0.6) is 28.7 Å². The maximum atomic E-state index is 12.8. The number of aliphatic imine (C=N–C) groups is 1. The molecule has 6 aliphatic heterocycles.